The Morgan fingerprint density at radius 1 is 0.944 bits per heavy atom. The van der Waals surface area contributed by atoms with Gasteiger partial charge in [-0.15, -0.1) is 0 Å². The van der Waals surface area contributed by atoms with Crippen molar-refractivity contribution in [3.8, 4) is 0 Å². The summed E-state index contributed by atoms with van der Waals surface area (Å²) in [7, 11) is 0. The van der Waals surface area contributed by atoms with Crippen molar-refractivity contribution >= 4 is 11.6 Å². The Bertz CT molecular complexity index is 565. The highest BCUT2D eigenvalue weighted by Crippen LogP contribution is 2.39. The molecule has 1 aliphatic rings. The molecule has 92 valence electrons. The highest BCUT2D eigenvalue weighted by molar-refractivity contribution is 6.31. The zero-order valence-corrected chi connectivity index (χ0v) is 10.8. The van der Waals surface area contributed by atoms with Crippen molar-refractivity contribution < 1.29 is 5.11 Å². The Morgan fingerprint density at radius 3 is 2.39 bits per heavy atom. The van der Waals surface area contributed by atoms with E-state index in [2.05, 4.69) is 24.3 Å². The van der Waals surface area contributed by atoms with Crippen LogP contribution in [0.15, 0.2) is 48.5 Å². The van der Waals surface area contributed by atoms with E-state index >= 15 is 0 Å². The summed E-state index contributed by atoms with van der Waals surface area (Å²) in [6.45, 7) is 0. The molecule has 0 aromatic heterocycles. The summed E-state index contributed by atoms with van der Waals surface area (Å²) in [5.74, 6) is 0.207. The lowest BCUT2D eigenvalue weighted by molar-refractivity contribution is 0.152. The summed E-state index contributed by atoms with van der Waals surface area (Å²) in [6.07, 6.45) is 1.22. The summed E-state index contributed by atoms with van der Waals surface area (Å²) in [6, 6.07) is 16.3. The van der Waals surface area contributed by atoms with E-state index < -0.39 is 0 Å². The van der Waals surface area contributed by atoms with Gasteiger partial charge < -0.3 is 5.11 Å². The third-order valence-corrected chi connectivity index (χ3v) is 4.02. The molecule has 1 aliphatic carbocycles. The molecule has 0 radical (unpaired) electrons. The Labute approximate surface area is 112 Å². The highest BCUT2D eigenvalue weighted by Gasteiger charge is 2.27. The summed E-state index contributed by atoms with van der Waals surface area (Å²) in [4.78, 5) is 0. The maximum atomic E-state index is 10.0. The molecule has 0 heterocycles. The number of rotatable bonds is 1. The van der Waals surface area contributed by atoms with Gasteiger partial charge in [-0.1, -0.05) is 54.1 Å². The fourth-order valence-electron chi connectivity index (χ4n) is 2.85. The lowest BCUT2D eigenvalue weighted by Crippen LogP contribution is -2.23. The van der Waals surface area contributed by atoms with Crippen LogP contribution in [0.2, 0.25) is 5.02 Å². The number of aliphatic hydroxyl groups excluding tert-OH is 1. The average molecular weight is 259 g/mol. The third-order valence-electron chi connectivity index (χ3n) is 3.67. The van der Waals surface area contributed by atoms with Crippen molar-refractivity contribution in [1.29, 1.82) is 0 Å². The third kappa shape index (κ3) is 2.05. The second-order valence-corrected chi connectivity index (χ2v) is 5.27. The normalized spacial score (nSPS) is 22.6. The number of benzene rings is 2. The molecule has 2 heteroatoms. The molecule has 0 amide bonds. The van der Waals surface area contributed by atoms with Crippen molar-refractivity contribution in [2.75, 3.05) is 0 Å². The molecule has 18 heavy (non-hydrogen) atoms. The van der Waals surface area contributed by atoms with Gasteiger partial charge in [-0.3, -0.25) is 0 Å². The molecule has 1 N–H and O–H groups in total. The Balaban J connectivity index is 2.11. The quantitative estimate of drug-likeness (QED) is 0.825. The summed E-state index contributed by atoms with van der Waals surface area (Å²) < 4.78 is 0. The molecule has 0 unspecified atom stereocenters. The second-order valence-electron chi connectivity index (χ2n) is 4.87. The van der Waals surface area contributed by atoms with Crippen LogP contribution in [-0.2, 0) is 6.42 Å². The highest BCUT2D eigenvalue weighted by atomic mass is 35.5. The van der Waals surface area contributed by atoms with Gasteiger partial charge in [-0.25, -0.2) is 0 Å². The number of aliphatic hydroxyl groups is 1. The molecule has 2 aromatic carbocycles. The first kappa shape index (κ1) is 11.8. The van der Waals surface area contributed by atoms with Crippen LogP contribution in [0.3, 0.4) is 0 Å². The zero-order valence-electron chi connectivity index (χ0n) is 10.0. The molecular formula is C16H15ClO. The van der Waals surface area contributed by atoms with E-state index in [1.165, 1.54) is 11.1 Å². The molecular weight excluding hydrogens is 244 g/mol. The summed E-state index contributed by atoms with van der Waals surface area (Å²) in [5, 5.41) is 10.8. The van der Waals surface area contributed by atoms with E-state index in [4.69, 9.17) is 11.6 Å². The molecule has 0 aliphatic heterocycles. The molecule has 0 saturated heterocycles. The minimum atomic E-state index is -0.277. The smallest absolute Gasteiger partial charge is 0.0589 e. The molecule has 0 spiro atoms. The molecule has 3 rings (SSSR count). The maximum Gasteiger partial charge on any atom is 0.0589 e. The topological polar surface area (TPSA) is 20.2 Å². The first-order chi connectivity index (χ1) is 8.75. The van der Waals surface area contributed by atoms with E-state index in [-0.39, 0.29) is 12.0 Å². The fourth-order valence-corrected chi connectivity index (χ4v) is 3.12. The van der Waals surface area contributed by atoms with Crippen LogP contribution in [0.4, 0.5) is 0 Å². The van der Waals surface area contributed by atoms with Crippen LogP contribution in [0.5, 0.6) is 0 Å². The number of hydrogen-bond acceptors (Lipinski definition) is 1. The van der Waals surface area contributed by atoms with E-state index in [0.717, 1.165) is 23.4 Å². The Kier molecular flexibility index (Phi) is 3.11. The van der Waals surface area contributed by atoms with E-state index in [1.54, 1.807) is 0 Å². The van der Waals surface area contributed by atoms with Gasteiger partial charge in [0.1, 0.15) is 0 Å². The summed E-state index contributed by atoms with van der Waals surface area (Å²) in [5.41, 5.74) is 3.66. The molecule has 0 fully saturated rings. The molecule has 2 aromatic rings. The van der Waals surface area contributed by atoms with Gasteiger partial charge in [0.15, 0.2) is 0 Å². The lowest BCUT2D eigenvalue weighted by Gasteiger charge is -2.29. The van der Waals surface area contributed by atoms with Crippen LogP contribution in [0, 0.1) is 0 Å². The van der Waals surface area contributed by atoms with Crippen molar-refractivity contribution in [2.45, 2.75) is 24.9 Å². The first-order valence-corrected chi connectivity index (χ1v) is 6.64. The van der Waals surface area contributed by atoms with Crippen LogP contribution in [0.1, 0.15) is 29.0 Å². The molecule has 0 bridgehead atoms. The maximum absolute atomic E-state index is 10.0. The van der Waals surface area contributed by atoms with Crippen LogP contribution < -0.4 is 0 Å². The predicted molar refractivity (Wildman–Crippen MR) is 74.1 cm³/mol. The number of fused-ring (bicyclic) bond motifs is 1. The Hall–Kier alpha value is -1.31. The van der Waals surface area contributed by atoms with Crippen LogP contribution in [0.25, 0.3) is 0 Å². The minimum absolute atomic E-state index is 0.207. The van der Waals surface area contributed by atoms with Gasteiger partial charge in [0.25, 0.3) is 0 Å². The molecule has 2 atom stereocenters. The van der Waals surface area contributed by atoms with Gasteiger partial charge in [0.05, 0.1) is 6.10 Å². The van der Waals surface area contributed by atoms with E-state index in [1.807, 2.05) is 24.3 Å². The molecule has 1 nitrogen and oxygen atoms in total. The van der Waals surface area contributed by atoms with Crippen LogP contribution in [-0.4, -0.2) is 11.2 Å². The van der Waals surface area contributed by atoms with Gasteiger partial charge >= 0.3 is 0 Å². The molecule has 0 saturated carbocycles. The predicted octanol–water partition coefficient (Wildman–Crippen LogP) is 3.78. The number of halogens is 1. The zero-order chi connectivity index (χ0) is 12.5. The first-order valence-electron chi connectivity index (χ1n) is 6.26. The summed E-state index contributed by atoms with van der Waals surface area (Å²) >= 11 is 6.29. The van der Waals surface area contributed by atoms with Gasteiger partial charge in [-0.05, 0) is 35.6 Å². The van der Waals surface area contributed by atoms with Gasteiger partial charge in [0.2, 0.25) is 0 Å². The lowest BCUT2D eigenvalue weighted by atomic mass is 9.78. The van der Waals surface area contributed by atoms with E-state index in [9.17, 15) is 5.11 Å². The van der Waals surface area contributed by atoms with Gasteiger partial charge in [-0.2, -0.15) is 0 Å². The largest absolute Gasteiger partial charge is 0.393 e. The van der Waals surface area contributed by atoms with Crippen molar-refractivity contribution in [3.05, 3.63) is 70.2 Å². The van der Waals surface area contributed by atoms with Gasteiger partial charge in [0, 0.05) is 10.9 Å². The van der Waals surface area contributed by atoms with Crippen LogP contribution >= 0.6 is 11.6 Å². The standard InChI is InChI=1S/C16H15ClO/c17-16-8-4-3-7-14(16)15-10-12(18)9-11-5-1-2-6-13(11)15/h1-8,12,15,18H,9-10H2/t12-,15-/m0/s1. The van der Waals surface area contributed by atoms with Crippen molar-refractivity contribution in [1.82, 2.24) is 0 Å². The number of hydrogen-bond donors (Lipinski definition) is 1. The van der Waals surface area contributed by atoms with Crippen molar-refractivity contribution in [2.24, 2.45) is 0 Å². The monoisotopic (exact) mass is 258 g/mol. The van der Waals surface area contributed by atoms with E-state index in [0.29, 0.717) is 0 Å². The minimum Gasteiger partial charge on any atom is -0.393 e. The van der Waals surface area contributed by atoms with Crippen molar-refractivity contribution in [3.63, 3.8) is 0 Å². The fraction of sp³-hybridized carbons (Fsp3) is 0.250. The average Bonchev–Trinajstić information content (AvgIpc) is 2.38. The second kappa shape index (κ2) is 4.75. The Morgan fingerprint density at radius 2 is 1.61 bits per heavy atom. The SMILES string of the molecule is O[C@H]1Cc2ccccc2[C@@H](c2ccccc2Cl)C1.